The molecular weight excluding hydrogens is 294 g/mol. The fraction of sp³-hybridized carbons (Fsp3) is 0. The monoisotopic (exact) mass is 301 g/mol. The maximum absolute atomic E-state index is 11.9. The number of anilines is 1. The van der Waals surface area contributed by atoms with Crippen LogP contribution >= 0.6 is 15.9 Å². The van der Waals surface area contributed by atoms with Crippen LogP contribution in [0.1, 0.15) is 16.1 Å². The Morgan fingerprint density at radius 2 is 2.06 bits per heavy atom. The third-order valence-corrected chi connectivity index (χ3v) is 2.95. The number of aromatic nitrogens is 1. The first-order valence-corrected chi connectivity index (χ1v) is 5.92. The van der Waals surface area contributed by atoms with Gasteiger partial charge in [-0.25, -0.2) is 4.98 Å². The highest BCUT2D eigenvalue weighted by Crippen LogP contribution is 2.21. The molecule has 0 aliphatic rings. The first-order chi connectivity index (χ1) is 8.70. The van der Waals surface area contributed by atoms with E-state index >= 15 is 0 Å². The van der Waals surface area contributed by atoms with E-state index in [9.17, 15) is 4.79 Å². The molecule has 1 N–H and O–H groups in total. The normalized spacial score (nSPS) is 9.56. The Labute approximate surface area is 112 Å². The van der Waals surface area contributed by atoms with Crippen molar-refractivity contribution in [1.29, 1.82) is 5.26 Å². The number of para-hydroxylation sites is 1. The number of halogens is 1. The zero-order chi connectivity index (χ0) is 13.0. The zero-order valence-corrected chi connectivity index (χ0v) is 10.8. The number of carbonyl (C=O) groups is 1. The van der Waals surface area contributed by atoms with Crippen molar-refractivity contribution >= 4 is 27.5 Å². The van der Waals surface area contributed by atoms with Crippen LogP contribution in [-0.4, -0.2) is 10.9 Å². The molecule has 1 heterocycles. The molecule has 0 unspecified atom stereocenters. The molecule has 4 nitrogen and oxygen atoms in total. The van der Waals surface area contributed by atoms with Crippen LogP contribution in [-0.2, 0) is 0 Å². The summed E-state index contributed by atoms with van der Waals surface area (Å²) in [5, 5.41) is 11.4. The van der Waals surface area contributed by atoms with E-state index in [0.717, 1.165) is 4.47 Å². The lowest BCUT2D eigenvalue weighted by atomic mass is 10.2. The lowest BCUT2D eigenvalue weighted by molar-refractivity contribution is 0.102. The number of hydrogen-bond acceptors (Lipinski definition) is 3. The maximum atomic E-state index is 11.9. The van der Waals surface area contributed by atoms with Crippen LogP contribution in [0.3, 0.4) is 0 Å². The van der Waals surface area contributed by atoms with Crippen molar-refractivity contribution in [1.82, 2.24) is 4.98 Å². The molecule has 18 heavy (non-hydrogen) atoms. The van der Waals surface area contributed by atoms with Crippen LogP contribution in [0.25, 0.3) is 0 Å². The Morgan fingerprint density at radius 1 is 1.28 bits per heavy atom. The van der Waals surface area contributed by atoms with Crippen molar-refractivity contribution in [3.63, 3.8) is 0 Å². The molecular formula is C13H8BrN3O. The van der Waals surface area contributed by atoms with Gasteiger partial charge >= 0.3 is 0 Å². The fourth-order valence-corrected chi connectivity index (χ4v) is 1.74. The molecule has 0 saturated heterocycles. The van der Waals surface area contributed by atoms with Crippen molar-refractivity contribution < 1.29 is 4.79 Å². The summed E-state index contributed by atoms with van der Waals surface area (Å²) in [7, 11) is 0. The minimum Gasteiger partial charge on any atom is -0.321 e. The number of nitrogens with one attached hydrogen (secondary N) is 1. The van der Waals surface area contributed by atoms with Crippen molar-refractivity contribution in [2.24, 2.45) is 0 Å². The minimum absolute atomic E-state index is 0.265. The molecule has 0 atom stereocenters. The summed E-state index contributed by atoms with van der Waals surface area (Å²) in [5.74, 6) is -0.265. The molecule has 0 spiro atoms. The molecule has 0 bridgehead atoms. The van der Waals surface area contributed by atoms with Gasteiger partial charge in [0.1, 0.15) is 11.8 Å². The highest BCUT2D eigenvalue weighted by atomic mass is 79.9. The standard InChI is InChI=1S/C13H8BrN3O/c14-11-3-1-2-4-12(11)17-13(18)9-5-6-10(7-15)16-8-9/h1-6,8H,(H,17,18). The Kier molecular flexibility index (Phi) is 3.70. The average molecular weight is 302 g/mol. The van der Waals surface area contributed by atoms with Gasteiger partial charge in [-0.1, -0.05) is 12.1 Å². The van der Waals surface area contributed by atoms with Crippen LogP contribution in [0.4, 0.5) is 5.69 Å². The van der Waals surface area contributed by atoms with Gasteiger partial charge in [0.15, 0.2) is 0 Å². The molecule has 1 amide bonds. The van der Waals surface area contributed by atoms with E-state index in [1.165, 1.54) is 12.3 Å². The van der Waals surface area contributed by atoms with Gasteiger partial charge in [0.25, 0.3) is 5.91 Å². The summed E-state index contributed by atoms with van der Waals surface area (Å²) >= 11 is 3.35. The fourth-order valence-electron chi connectivity index (χ4n) is 1.35. The number of amides is 1. The summed E-state index contributed by atoms with van der Waals surface area (Å²) in [4.78, 5) is 15.8. The van der Waals surface area contributed by atoms with Gasteiger partial charge < -0.3 is 5.32 Å². The maximum Gasteiger partial charge on any atom is 0.257 e. The Balaban J connectivity index is 2.17. The first-order valence-electron chi connectivity index (χ1n) is 5.13. The molecule has 5 heteroatoms. The predicted molar refractivity (Wildman–Crippen MR) is 71.0 cm³/mol. The quantitative estimate of drug-likeness (QED) is 0.927. The first kappa shape index (κ1) is 12.3. The molecule has 0 radical (unpaired) electrons. The lowest BCUT2D eigenvalue weighted by Gasteiger charge is -2.06. The van der Waals surface area contributed by atoms with Crippen molar-refractivity contribution in [3.05, 3.63) is 58.3 Å². The molecule has 2 aromatic rings. The molecule has 2 rings (SSSR count). The number of pyridine rings is 1. The highest BCUT2D eigenvalue weighted by Gasteiger charge is 2.08. The van der Waals surface area contributed by atoms with E-state index in [0.29, 0.717) is 11.3 Å². The summed E-state index contributed by atoms with van der Waals surface area (Å²) in [6, 6.07) is 12.3. The van der Waals surface area contributed by atoms with Gasteiger partial charge in [-0.15, -0.1) is 0 Å². The van der Waals surface area contributed by atoms with Gasteiger partial charge in [0, 0.05) is 10.7 Å². The molecule has 0 aliphatic carbocycles. The highest BCUT2D eigenvalue weighted by molar-refractivity contribution is 9.10. The molecule has 88 valence electrons. The third kappa shape index (κ3) is 2.73. The van der Waals surface area contributed by atoms with Crippen molar-refractivity contribution in [3.8, 4) is 6.07 Å². The second kappa shape index (κ2) is 5.43. The zero-order valence-electron chi connectivity index (χ0n) is 9.22. The molecule has 1 aromatic heterocycles. The average Bonchev–Trinajstić information content (AvgIpc) is 2.41. The Bertz CT molecular complexity index is 617. The van der Waals surface area contributed by atoms with Gasteiger partial charge in [-0.2, -0.15) is 5.26 Å². The summed E-state index contributed by atoms with van der Waals surface area (Å²) < 4.78 is 0.806. The number of carbonyl (C=O) groups excluding carboxylic acids is 1. The van der Waals surface area contributed by atoms with E-state index in [-0.39, 0.29) is 11.6 Å². The number of benzene rings is 1. The second-order valence-corrected chi connectivity index (χ2v) is 4.33. The number of nitrogens with zero attached hydrogens (tertiary/aromatic N) is 2. The van der Waals surface area contributed by atoms with Crippen LogP contribution in [0.15, 0.2) is 47.1 Å². The summed E-state index contributed by atoms with van der Waals surface area (Å²) in [6.07, 6.45) is 1.38. The van der Waals surface area contributed by atoms with E-state index < -0.39 is 0 Å². The molecule has 1 aromatic carbocycles. The summed E-state index contributed by atoms with van der Waals surface area (Å²) in [5.41, 5.74) is 1.38. The van der Waals surface area contributed by atoms with Gasteiger partial charge in [0.05, 0.1) is 11.3 Å². The number of hydrogen-bond donors (Lipinski definition) is 1. The molecule has 0 aliphatic heterocycles. The predicted octanol–water partition coefficient (Wildman–Crippen LogP) is 2.97. The van der Waals surface area contributed by atoms with E-state index in [1.807, 2.05) is 24.3 Å². The lowest BCUT2D eigenvalue weighted by Crippen LogP contribution is -2.12. The largest absolute Gasteiger partial charge is 0.321 e. The SMILES string of the molecule is N#Cc1ccc(C(=O)Nc2ccccc2Br)cn1. The Hall–Kier alpha value is -2.19. The van der Waals surface area contributed by atoms with Crippen molar-refractivity contribution in [2.45, 2.75) is 0 Å². The number of nitriles is 1. The van der Waals surface area contributed by atoms with Gasteiger partial charge in [-0.05, 0) is 40.2 Å². The van der Waals surface area contributed by atoms with Crippen LogP contribution in [0.2, 0.25) is 0 Å². The van der Waals surface area contributed by atoms with Crippen molar-refractivity contribution in [2.75, 3.05) is 5.32 Å². The van der Waals surface area contributed by atoms with E-state index in [1.54, 1.807) is 12.1 Å². The summed E-state index contributed by atoms with van der Waals surface area (Å²) in [6.45, 7) is 0. The topological polar surface area (TPSA) is 65.8 Å². The third-order valence-electron chi connectivity index (χ3n) is 2.26. The van der Waals surface area contributed by atoms with Crippen LogP contribution < -0.4 is 5.32 Å². The molecule has 0 fully saturated rings. The minimum atomic E-state index is -0.265. The van der Waals surface area contributed by atoms with Crippen LogP contribution in [0.5, 0.6) is 0 Å². The smallest absolute Gasteiger partial charge is 0.257 e. The Morgan fingerprint density at radius 3 is 2.67 bits per heavy atom. The second-order valence-electron chi connectivity index (χ2n) is 3.48. The van der Waals surface area contributed by atoms with Gasteiger partial charge in [0.2, 0.25) is 0 Å². The van der Waals surface area contributed by atoms with Gasteiger partial charge in [-0.3, -0.25) is 4.79 Å². The van der Waals surface area contributed by atoms with Crippen LogP contribution in [0, 0.1) is 11.3 Å². The number of rotatable bonds is 2. The molecule has 0 saturated carbocycles. The van der Waals surface area contributed by atoms with E-state index in [4.69, 9.17) is 5.26 Å². The van der Waals surface area contributed by atoms with E-state index in [2.05, 4.69) is 26.2 Å².